The van der Waals surface area contributed by atoms with Gasteiger partial charge >= 0.3 is 0 Å². The first-order chi connectivity index (χ1) is 12.7. The molecule has 0 N–H and O–H groups in total. The summed E-state index contributed by atoms with van der Waals surface area (Å²) < 4.78 is 11.1. The van der Waals surface area contributed by atoms with Gasteiger partial charge in [-0.2, -0.15) is 5.10 Å². The Balaban J connectivity index is 1.34. The van der Waals surface area contributed by atoms with Crippen molar-refractivity contribution in [2.24, 2.45) is 0 Å². The number of fused-ring (bicyclic) bond motifs is 1. The standard InChI is InChI=1S/C19H23N5OS/c1-13-21-23(19(26)24(13)15-8-9-15)12-22-10-4-5-14(11-22)18-20-16-6-2-3-7-17(16)25-18/h2-3,6-7,14-15H,4-5,8-12H2,1H3/t14-/m1/s1. The van der Waals surface area contributed by atoms with E-state index in [-0.39, 0.29) is 0 Å². The fraction of sp³-hybridized carbons (Fsp3) is 0.526. The number of likely N-dealkylation sites (tertiary alicyclic amines) is 1. The first-order valence-corrected chi connectivity index (χ1v) is 9.83. The minimum atomic E-state index is 0.330. The van der Waals surface area contributed by atoms with Gasteiger partial charge in [-0.3, -0.25) is 4.90 Å². The molecule has 1 saturated heterocycles. The molecule has 0 spiro atoms. The number of nitrogens with zero attached hydrogens (tertiary/aromatic N) is 5. The number of hydrogen-bond acceptors (Lipinski definition) is 5. The zero-order valence-electron chi connectivity index (χ0n) is 15.0. The van der Waals surface area contributed by atoms with Crippen molar-refractivity contribution in [2.45, 2.75) is 51.2 Å². The lowest BCUT2D eigenvalue weighted by atomic mass is 9.98. The van der Waals surface area contributed by atoms with Crippen LogP contribution in [0.15, 0.2) is 28.7 Å². The van der Waals surface area contributed by atoms with Crippen molar-refractivity contribution in [1.29, 1.82) is 0 Å². The second-order valence-corrected chi connectivity index (χ2v) is 7.87. The van der Waals surface area contributed by atoms with Crippen LogP contribution in [0.5, 0.6) is 0 Å². The predicted molar refractivity (Wildman–Crippen MR) is 102 cm³/mol. The highest BCUT2D eigenvalue weighted by atomic mass is 32.1. The minimum absolute atomic E-state index is 0.330. The fourth-order valence-corrected chi connectivity index (χ4v) is 4.39. The van der Waals surface area contributed by atoms with E-state index in [9.17, 15) is 0 Å². The zero-order valence-corrected chi connectivity index (χ0v) is 15.8. The van der Waals surface area contributed by atoms with Crippen LogP contribution in [0.2, 0.25) is 0 Å². The number of piperidine rings is 1. The third-order valence-corrected chi connectivity index (χ3v) is 5.86. The SMILES string of the molecule is Cc1nn(CN2CCC[C@@H](c3nc4ccccc4o3)C2)c(=S)n1C1CC1. The maximum absolute atomic E-state index is 6.01. The summed E-state index contributed by atoms with van der Waals surface area (Å²) in [6.07, 6.45) is 4.71. The van der Waals surface area contributed by atoms with E-state index in [0.717, 1.165) is 60.2 Å². The van der Waals surface area contributed by atoms with E-state index >= 15 is 0 Å². The van der Waals surface area contributed by atoms with E-state index in [2.05, 4.69) is 16.4 Å². The van der Waals surface area contributed by atoms with Gasteiger partial charge in [0.25, 0.3) is 0 Å². The molecule has 3 heterocycles. The molecule has 1 aliphatic heterocycles. The van der Waals surface area contributed by atoms with Crippen molar-refractivity contribution in [3.63, 3.8) is 0 Å². The molecule has 0 bridgehead atoms. The van der Waals surface area contributed by atoms with Crippen LogP contribution in [0.3, 0.4) is 0 Å². The number of benzene rings is 1. The predicted octanol–water partition coefficient (Wildman–Crippen LogP) is 4.04. The molecule has 26 heavy (non-hydrogen) atoms. The molecule has 3 aromatic rings. The van der Waals surface area contributed by atoms with Crippen LogP contribution in [-0.2, 0) is 6.67 Å². The molecule has 1 aromatic carbocycles. The van der Waals surface area contributed by atoms with Gasteiger partial charge in [0.05, 0.1) is 6.67 Å². The van der Waals surface area contributed by atoms with E-state index in [0.29, 0.717) is 12.0 Å². The molecule has 2 aromatic heterocycles. The Morgan fingerprint density at radius 3 is 2.88 bits per heavy atom. The van der Waals surface area contributed by atoms with Gasteiger partial charge in [-0.1, -0.05) is 12.1 Å². The second-order valence-electron chi connectivity index (χ2n) is 7.51. The number of aromatic nitrogens is 4. The van der Waals surface area contributed by atoms with Gasteiger partial charge in [-0.05, 0) is 63.5 Å². The fourth-order valence-electron chi connectivity index (χ4n) is 4.01. The molecule has 1 atom stereocenters. The molecule has 136 valence electrons. The summed E-state index contributed by atoms with van der Waals surface area (Å²) >= 11 is 5.67. The Bertz CT molecular complexity index is 966. The topological polar surface area (TPSA) is 52.0 Å². The number of oxazole rings is 1. The van der Waals surface area contributed by atoms with E-state index < -0.39 is 0 Å². The first kappa shape index (κ1) is 16.2. The minimum Gasteiger partial charge on any atom is -0.440 e. The molecule has 2 fully saturated rings. The van der Waals surface area contributed by atoms with Crippen LogP contribution < -0.4 is 0 Å². The van der Waals surface area contributed by atoms with Crippen LogP contribution in [0, 0.1) is 11.7 Å². The highest BCUT2D eigenvalue weighted by Gasteiger charge is 2.29. The second kappa shape index (κ2) is 6.32. The van der Waals surface area contributed by atoms with Crippen LogP contribution in [0.1, 0.15) is 49.4 Å². The van der Waals surface area contributed by atoms with Gasteiger partial charge in [0, 0.05) is 18.5 Å². The Hall–Kier alpha value is -1.99. The molecule has 7 heteroatoms. The van der Waals surface area contributed by atoms with Gasteiger partial charge in [-0.25, -0.2) is 9.67 Å². The Morgan fingerprint density at radius 2 is 2.08 bits per heavy atom. The lowest BCUT2D eigenvalue weighted by Gasteiger charge is -2.30. The number of aryl methyl sites for hydroxylation is 1. The molecule has 0 unspecified atom stereocenters. The number of rotatable bonds is 4. The average Bonchev–Trinajstić information content (AvgIpc) is 3.31. The average molecular weight is 369 g/mol. The van der Waals surface area contributed by atoms with Crippen molar-refractivity contribution < 1.29 is 4.42 Å². The first-order valence-electron chi connectivity index (χ1n) is 9.43. The van der Waals surface area contributed by atoms with Gasteiger partial charge in [-0.15, -0.1) is 0 Å². The molecule has 6 nitrogen and oxygen atoms in total. The third-order valence-electron chi connectivity index (χ3n) is 5.45. The molecule has 0 radical (unpaired) electrons. The highest BCUT2D eigenvalue weighted by molar-refractivity contribution is 7.71. The van der Waals surface area contributed by atoms with Crippen LogP contribution in [0.4, 0.5) is 0 Å². The van der Waals surface area contributed by atoms with E-state index in [4.69, 9.17) is 26.7 Å². The smallest absolute Gasteiger partial charge is 0.199 e. The van der Waals surface area contributed by atoms with Gasteiger partial charge in [0.15, 0.2) is 16.2 Å². The van der Waals surface area contributed by atoms with E-state index in [1.54, 1.807) is 0 Å². The summed E-state index contributed by atoms with van der Waals surface area (Å²) in [7, 11) is 0. The molecular formula is C19H23N5OS. The summed E-state index contributed by atoms with van der Waals surface area (Å²) in [6.45, 7) is 4.80. The summed E-state index contributed by atoms with van der Waals surface area (Å²) in [5, 5.41) is 4.69. The summed E-state index contributed by atoms with van der Waals surface area (Å²) in [5.74, 6) is 2.22. The van der Waals surface area contributed by atoms with E-state index in [1.807, 2.05) is 28.9 Å². The largest absolute Gasteiger partial charge is 0.440 e. The summed E-state index contributed by atoms with van der Waals surface area (Å²) in [6, 6.07) is 8.56. The van der Waals surface area contributed by atoms with Crippen molar-refractivity contribution in [3.8, 4) is 0 Å². The van der Waals surface area contributed by atoms with Crippen LogP contribution >= 0.6 is 12.2 Å². The third kappa shape index (κ3) is 2.89. The van der Waals surface area contributed by atoms with Crippen molar-refractivity contribution in [3.05, 3.63) is 40.8 Å². The maximum Gasteiger partial charge on any atom is 0.199 e. The lowest BCUT2D eigenvalue weighted by molar-refractivity contribution is 0.147. The number of para-hydroxylation sites is 2. The summed E-state index contributed by atoms with van der Waals surface area (Å²) in [5.41, 5.74) is 1.82. The quantitative estimate of drug-likeness (QED) is 0.650. The maximum atomic E-state index is 6.01. The van der Waals surface area contributed by atoms with Crippen LogP contribution in [-0.4, -0.2) is 37.3 Å². The molecule has 1 saturated carbocycles. The lowest BCUT2D eigenvalue weighted by Crippen LogP contribution is -2.36. The summed E-state index contributed by atoms with van der Waals surface area (Å²) in [4.78, 5) is 7.12. The van der Waals surface area contributed by atoms with Crippen LogP contribution in [0.25, 0.3) is 11.1 Å². The molecular weight excluding hydrogens is 346 g/mol. The van der Waals surface area contributed by atoms with Gasteiger partial charge < -0.3 is 8.98 Å². The van der Waals surface area contributed by atoms with Gasteiger partial charge in [0.2, 0.25) is 0 Å². The van der Waals surface area contributed by atoms with E-state index in [1.165, 1.54) is 12.8 Å². The van der Waals surface area contributed by atoms with Crippen molar-refractivity contribution in [2.75, 3.05) is 13.1 Å². The van der Waals surface area contributed by atoms with Crippen molar-refractivity contribution >= 4 is 23.3 Å². The molecule has 2 aliphatic rings. The Labute approximate surface area is 157 Å². The molecule has 0 amide bonds. The van der Waals surface area contributed by atoms with Crippen molar-refractivity contribution in [1.82, 2.24) is 24.2 Å². The normalized spacial score (nSPS) is 21.5. The number of hydrogen-bond donors (Lipinski definition) is 0. The highest BCUT2D eigenvalue weighted by Crippen LogP contribution is 2.36. The zero-order chi connectivity index (χ0) is 17.7. The molecule has 1 aliphatic carbocycles. The van der Waals surface area contributed by atoms with Gasteiger partial charge in [0.1, 0.15) is 11.3 Å². The Kier molecular flexibility index (Phi) is 3.94. The Morgan fingerprint density at radius 1 is 1.23 bits per heavy atom. The molecule has 5 rings (SSSR count). The monoisotopic (exact) mass is 369 g/mol.